The molecule has 0 bridgehead atoms. The van der Waals surface area contributed by atoms with Gasteiger partial charge in [0.05, 0.1) is 11.0 Å². The number of amides is 1. The Balaban J connectivity index is 2.81. The van der Waals surface area contributed by atoms with E-state index in [1.807, 2.05) is 18.2 Å². The Labute approximate surface area is 79.9 Å². The van der Waals surface area contributed by atoms with E-state index in [4.69, 9.17) is 5.73 Å². The van der Waals surface area contributed by atoms with Crippen molar-refractivity contribution < 1.29 is 4.79 Å². The van der Waals surface area contributed by atoms with Gasteiger partial charge in [0.25, 0.3) is 5.91 Å². The molecule has 0 fully saturated rings. The molecule has 0 aliphatic rings. The van der Waals surface area contributed by atoms with E-state index >= 15 is 0 Å². The summed E-state index contributed by atoms with van der Waals surface area (Å²) >= 11 is 4.11. The number of rotatable bonds is 1. The number of primary amides is 1. The highest BCUT2D eigenvalue weighted by atomic mass is 32.1. The summed E-state index contributed by atoms with van der Waals surface area (Å²) in [7, 11) is 0. The molecule has 0 saturated carbocycles. The SMILES string of the molecule is NC(=O)c1nc2ccccc2n1S. The normalized spacial score (nSPS) is 10.5. The van der Waals surface area contributed by atoms with E-state index in [0.29, 0.717) is 5.52 Å². The van der Waals surface area contributed by atoms with E-state index in [1.165, 1.54) is 3.97 Å². The molecule has 1 amide bonds. The third-order valence-electron chi connectivity index (χ3n) is 1.76. The topological polar surface area (TPSA) is 60.9 Å². The summed E-state index contributed by atoms with van der Waals surface area (Å²) in [4.78, 5) is 14.9. The first-order chi connectivity index (χ1) is 6.20. The third kappa shape index (κ3) is 1.17. The van der Waals surface area contributed by atoms with Crippen LogP contribution in [0.3, 0.4) is 0 Å². The zero-order valence-corrected chi connectivity index (χ0v) is 7.53. The summed E-state index contributed by atoms with van der Waals surface area (Å²) in [6.45, 7) is 0. The van der Waals surface area contributed by atoms with Crippen LogP contribution >= 0.6 is 12.8 Å². The predicted molar refractivity (Wildman–Crippen MR) is 52.6 cm³/mol. The molecule has 5 heteroatoms. The van der Waals surface area contributed by atoms with Crippen LogP contribution < -0.4 is 5.73 Å². The molecule has 0 atom stereocenters. The minimum Gasteiger partial charge on any atom is -0.363 e. The van der Waals surface area contributed by atoms with Gasteiger partial charge in [-0.05, 0) is 12.1 Å². The van der Waals surface area contributed by atoms with Crippen LogP contribution in [0.1, 0.15) is 10.6 Å². The van der Waals surface area contributed by atoms with Gasteiger partial charge in [-0.25, -0.2) is 4.98 Å². The molecular weight excluding hydrogens is 186 g/mol. The van der Waals surface area contributed by atoms with Crippen LogP contribution in [-0.4, -0.2) is 14.9 Å². The second kappa shape index (κ2) is 2.77. The number of nitrogens with two attached hydrogens (primary N) is 1. The summed E-state index contributed by atoms with van der Waals surface area (Å²) in [5.74, 6) is -0.421. The van der Waals surface area contributed by atoms with Crippen LogP contribution in [0.4, 0.5) is 0 Å². The first kappa shape index (κ1) is 8.12. The van der Waals surface area contributed by atoms with Crippen molar-refractivity contribution in [3.63, 3.8) is 0 Å². The van der Waals surface area contributed by atoms with E-state index in [0.717, 1.165) is 5.52 Å². The fraction of sp³-hybridized carbons (Fsp3) is 0. The molecule has 4 nitrogen and oxygen atoms in total. The number of imidazole rings is 1. The Morgan fingerprint density at radius 3 is 2.77 bits per heavy atom. The molecule has 0 aliphatic heterocycles. The molecule has 2 N–H and O–H groups in total. The molecular formula is C8H7N3OS. The highest BCUT2D eigenvalue weighted by Gasteiger charge is 2.11. The van der Waals surface area contributed by atoms with Crippen molar-refractivity contribution in [2.45, 2.75) is 0 Å². The van der Waals surface area contributed by atoms with Gasteiger partial charge in [0, 0.05) is 0 Å². The van der Waals surface area contributed by atoms with Gasteiger partial charge in [0.15, 0.2) is 0 Å². The lowest BCUT2D eigenvalue weighted by atomic mass is 10.3. The van der Waals surface area contributed by atoms with Gasteiger partial charge < -0.3 is 5.73 Å². The van der Waals surface area contributed by atoms with Crippen molar-refractivity contribution >= 4 is 29.8 Å². The van der Waals surface area contributed by atoms with Crippen LogP contribution in [0, 0.1) is 0 Å². The predicted octanol–water partition coefficient (Wildman–Crippen LogP) is 0.828. The lowest BCUT2D eigenvalue weighted by molar-refractivity contribution is 0.0991. The first-order valence-corrected chi connectivity index (χ1v) is 4.06. The highest BCUT2D eigenvalue weighted by Crippen LogP contribution is 2.16. The fourth-order valence-electron chi connectivity index (χ4n) is 1.17. The van der Waals surface area contributed by atoms with E-state index in [9.17, 15) is 4.79 Å². The van der Waals surface area contributed by atoms with Gasteiger partial charge >= 0.3 is 0 Å². The van der Waals surface area contributed by atoms with Gasteiger partial charge in [0.1, 0.15) is 0 Å². The van der Waals surface area contributed by atoms with Crippen molar-refractivity contribution in [1.82, 2.24) is 8.96 Å². The minimum atomic E-state index is -0.578. The van der Waals surface area contributed by atoms with Crippen molar-refractivity contribution in [3.05, 3.63) is 30.1 Å². The second-order valence-electron chi connectivity index (χ2n) is 2.60. The average molecular weight is 193 g/mol. The quantitative estimate of drug-likeness (QED) is 0.659. The maximum atomic E-state index is 10.9. The number of nitrogens with zero attached hydrogens (tertiary/aromatic N) is 2. The summed E-state index contributed by atoms with van der Waals surface area (Å²) in [6.07, 6.45) is 0. The monoisotopic (exact) mass is 193 g/mol. The van der Waals surface area contributed by atoms with Crippen LogP contribution in [-0.2, 0) is 0 Å². The Bertz CT molecular complexity index is 477. The molecule has 1 aromatic carbocycles. The third-order valence-corrected chi connectivity index (χ3v) is 2.16. The molecule has 1 aromatic heterocycles. The number of aromatic nitrogens is 2. The summed E-state index contributed by atoms with van der Waals surface area (Å²) in [5.41, 5.74) is 6.60. The Morgan fingerprint density at radius 1 is 1.46 bits per heavy atom. The number of carbonyl (C=O) groups is 1. The van der Waals surface area contributed by atoms with Crippen molar-refractivity contribution in [1.29, 1.82) is 0 Å². The smallest absolute Gasteiger partial charge is 0.285 e. The average Bonchev–Trinajstić information content (AvgIpc) is 2.45. The lowest BCUT2D eigenvalue weighted by Crippen LogP contribution is -2.14. The van der Waals surface area contributed by atoms with Crippen molar-refractivity contribution in [2.75, 3.05) is 0 Å². The van der Waals surface area contributed by atoms with E-state index in [2.05, 4.69) is 17.8 Å². The number of hydrogen-bond donors (Lipinski definition) is 2. The Morgan fingerprint density at radius 2 is 2.15 bits per heavy atom. The minimum absolute atomic E-state index is 0.157. The van der Waals surface area contributed by atoms with Crippen molar-refractivity contribution in [3.8, 4) is 0 Å². The molecule has 13 heavy (non-hydrogen) atoms. The van der Waals surface area contributed by atoms with E-state index in [-0.39, 0.29) is 5.82 Å². The zero-order chi connectivity index (χ0) is 9.42. The summed E-state index contributed by atoms with van der Waals surface area (Å²) in [6, 6.07) is 7.31. The number of benzene rings is 1. The summed E-state index contributed by atoms with van der Waals surface area (Å²) in [5, 5.41) is 0. The first-order valence-electron chi connectivity index (χ1n) is 3.66. The van der Waals surface area contributed by atoms with Gasteiger partial charge in [-0.3, -0.25) is 8.77 Å². The van der Waals surface area contributed by atoms with Crippen molar-refractivity contribution in [2.24, 2.45) is 5.73 Å². The zero-order valence-electron chi connectivity index (χ0n) is 6.64. The van der Waals surface area contributed by atoms with Crippen LogP contribution in [0.15, 0.2) is 24.3 Å². The van der Waals surface area contributed by atoms with E-state index in [1.54, 1.807) is 6.07 Å². The van der Waals surface area contributed by atoms with Gasteiger partial charge in [-0.15, -0.1) is 0 Å². The van der Waals surface area contributed by atoms with Gasteiger partial charge in [0.2, 0.25) is 5.82 Å². The maximum absolute atomic E-state index is 10.9. The molecule has 1 heterocycles. The molecule has 2 rings (SSSR count). The second-order valence-corrected chi connectivity index (χ2v) is 3.00. The standard InChI is InChI=1S/C8H7N3OS/c9-7(12)8-10-5-3-1-2-4-6(5)11(8)13/h1-4,13H,(H2,9,12). The number of hydrogen-bond acceptors (Lipinski definition) is 3. The highest BCUT2D eigenvalue weighted by molar-refractivity contribution is 7.78. The molecule has 0 aliphatic carbocycles. The van der Waals surface area contributed by atoms with Crippen LogP contribution in [0.2, 0.25) is 0 Å². The maximum Gasteiger partial charge on any atom is 0.285 e. The van der Waals surface area contributed by atoms with Gasteiger partial charge in [-0.1, -0.05) is 24.9 Å². The number of thiol groups is 1. The van der Waals surface area contributed by atoms with Crippen LogP contribution in [0.5, 0.6) is 0 Å². The lowest BCUT2D eigenvalue weighted by Gasteiger charge is -1.94. The molecule has 0 unspecified atom stereocenters. The Kier molecular flexibility index (Phi) is 1.73. The largest absolute Gasteiger partial charge is 0.363 e. The number of para-hydroxylation sites is 2. The van der Waals surface area contributed by atoms with Gasteiger partial charge in [-0.2, -0.15) is 0 Å². The molecule has 0 spiro atoms. The number of fused-ring (bicyclic) bond motifs is 1. The van der Waals surface area contributed by atoms with Crippen LogP contribution in [0.25, 0.3) is 11.0 Å². The Hall–Kier alpha value is -1.49. The van der Waals surface area contributed by atoms with E-state index < -0.39 is 5.91 Å². The number of carbonyl (C=O) groups excluding carboxylic acids is 1. The fourth-order valence-corrected chi connectivity index (χ4v) is 1.49. The molecule has 0 radical (unpaired) electrons. The molecule has 0 saturated heterocycles. The molecule has 66 valence electrons. The molecule has 2 aromatic rings. The summed E-state index contributed by atoms with van der Waals surface area (Å²) < 4.78 is 1.39.